The van der Waals surface area contributed by atoms with Crippen molar-refractivity contribution in [2.75, 3.05) is 24.7 Å². The van der Waals surface area contributed by atoms with Gasteiger partial charge in [-0.3, -0.25) is 8.80 Å². The number of phenols is 3. The van der Waals surface area contributed by atoms with E-state index in [0.717, 1.165) is 44.8 Å². The number of aromatic hydroxyl groups is 3. The fraction of sp³-hybridized carbons (Fsp3) is 0.0588. The summed E-state index contributed by atoms with van der Waals surface area (Å²) >= 11 is 0. The third-order valence-corrected chi connectivity index (χ3v) is 7.48. The lowest BCUT2D eigenvalue weighted by Gasteiger charge is -2.05. The molecular formula is C34H28N8O3. The van der Waals surface area contributed by atoms with Crippen LogP contribution < -0.4 is 10.6 Å². The van der Waals surface area contributed by atoms with E-state index in [1.165, 1.54) is 12.1 Å². The average molecular weight is 597 g/mol. The molecule has 4 aromatic heterocycles. The van der Waals surface area contributed by atoms with Gasteiger partial charge < -0.3 is 26.0 Å². The van der Waals surface area contributed by atoms with Crippen LogP contribution in [-0.4, -0.2) is 58.2 Å². The van der Waals surface area contributed by atoms with E-state index in [2.05, 4.69) is 30.6 Å². The quantitative estimate of drug-likeness (QED) is 0.158. The number of nitrogens with zero attached hydrogens (tertiary/aromatic N) is 6. The van der Waals surface area contributed by atoms with E-state index in [4.69, 9.17) is 0 Å². The summed E-state index contributed by atoms with van der Waals surface area (Å²) in [6.45, 7) is 0. The van der Waals surface area contributed by atoms with Crippen LogP contribution in [0.3, 0.4) is 0 Å². The van der Waals surface area contributed by atoms with Gasteiger partial charge in [-0.05, 0) is 60.7 Å². The maximum Gasteiger partial charge on any atom is 0.181 e. The number of benzene rings is 4. The Bertz CT molecular complexity index is 2350. The monoisotopic (exact) mass is 596 g/mol. The molecule has 8 rings (SSSR count). The SMILES string of the molecule is CNc1nc2ccccc2n2cc(-c3ccc(O)cc3)nc12.CNc1nc2ccccc2n2cc(-c3ccc(O)cc3O)nc12. The molecule has 0 amide bonds. The summed E-state index contributed by atoms with van der Waals surface area (Å²) in [7, 11) is 3.63. The molecule has 0 fully saturated rings. The lowest BCUT2D eigenvalue weighted by atomic mass is 10.1. The number of anilines is 2. The Hall–Kier alpha value is -6.36. The molecule has 0 saturated heterocycles. The minimum absolute atomic E-state index is 0.0121. The van der Waals surface area contributed by atoms with Crippen LogP contribution in [0.1, 0.15) is 0 Å². The zero-order valence-corrected chi connectivity index (χ0v) is 24.3. The third kappa shape index (κ3) is 4.91. The average Bonchev–Trinajstić information content (AvgIpc) is 3.71. The molecule has 45 heavy (non-hydrogen) atoms. The van der Waals surface area contributed by atoms with Crippen molar-refractivity contribution in [1.82, 2.24) is 28.7 Å². The molecule has 4 heterocycles. The van der Waals surface area contributed by atoms with E-state index >= 15 is 0 Å². The van der Waals surface area contributed by atoms with Gasteiger partial charge in [-0.1, -0.05) is 24.3 Å². The molecule has 0 atom stereocenters. The van der Waals surface area contributed by atoms with Gasteiger partial charge in [0.1, 0.15) is 17.2 Å². The highest BCUT2D eigenvalue weighted by atomic mass is 16.3. The Morgan fingerprint density at radius 2 is 1.07 bits per heavy atom. The van der Waals surface area contributed by atoms with Crippen LogP contribution in [0, 0.1) is 0 Å². The Morgan fingerprint density at radius 3 is 1.62 bits per heavy atom. The molecule has 222 valence electrons. The van der Waals surface area contributed by atoms with E-state index in [1.807, 2.05) is 88.9 Å². The van der Waals surface area contributed by atoms with Crippen molar-refractivity contribution >= 4 is 45.0 Å². The minimum Gasteiger partial charge on any atom is -0.508 e. The van der Waals surface area contributed by atoms with E-state index in [-0.39, 0.29) is 17.2 Å². The van der Waals surface area contributed by atoms with Crippen molar-refractivity contribution in [1.29, 1.82) is 0 Å². The van der Waals surface area contributed by atoms with E-state index in [0.29, 0.717) is 22.7 Å². The van der Waals surface area contributed by atoms with E-state index in [1.54, 1.807) is 25.2 Å². The van der Waals surface area contributed by atoms with Crippen LogP contribution in [-0.2, 0) is 0 Å². The summed E-state index contributed by atoms with van der Waals surface area (Å²) in [5.74, 6) is 1.64. The molecule has 11 nitrogen and oxygen atoms in total. The molecule has 0 aliphatic carbocycles. The lowest BCUT2D eigenvalue weighted by Crippen LogP contribution is -1.98. The molecular weight excluding hydrogens is 568 g/mol. The number of aromatic nitrogens is 6. The second-order valence-corrected chi connectivity index (χ2v) is 10.3. The van der Waals surface area contributed by atoms with Gasteiger partial charge in [0.15, 0.2) is 22.9 Å². The number of imidazole rings is 2. The van der Waals surface area contributed by atoms with Gasteiger partial charge in [-0.25, -0.2) is 19.9 Å². The highest BCUT2D eigenvalue weighted by molar-refractivity contribution is 5.86. The number of hydrogen-bond donors (Lipinski definition) is 5. The summed E-state index contributed by atoms with van der Waals surface area (Å²) in [6, 6.07) is 27.2. The number of hydrogen-bond acceptors (Lipinski definition) is 9. The van der Waals surface area contributed by atoms with Crippen LogP contribution >= 0.6 is 0 Å². The highest BCUT2D eigenvalue weighted by Crippen LogP contribution is 2.33. The van der Waals surface area contributed by atoms with Crippen molar-refractivity contribution in [2.24, 2.45) is 0 Å². The van der Waals surface area contributed by atoms with Crippen molar-refractivity contribution in [2.45, 2.75) is 0 Å². The zero-order chi connectivity index (χ0) is 31.1. The maximum absolute atomic E-state index is 10.1. The van der Waals surface area contributed by atoms with Crippen LogP contribution in [0.15, 0.2) is 103 Å². The first-order valence-electron chi connectivity index (χ1n) is 14.2. The standard InChI is InChI=1S/C17H14N4O2.C17H14N4O/c1-18-16-17-20-13(11-7-6-10(22)8-15(11)23)9-21(17)14-5-3-2-4-12(14)19-16;1-18-16-17-20-14(11-6-8-12(22)9-7-11)10-21(17)15-5-3-2-4-13(15)19-16/h2-9,22-23H,1H3,(H,18,19);2-10,22H,1H3,(H,18,19). The van der Waals surface area contributed by atoms with Gasteiger partial charge in [0, 0.05) is 43.7 Å². The largest absolute Gasteiger partial charge is 0.508 e. The molecule has 4 aromatic carbocycles. The van der Waals surface area contributed by atoms with Crippen LogP contribution in [0.2, 0.25) is 0 Å². The predicted octanol–water partition coefficient (Wildman–Crippen LogP) is 6.30. The predicted molar refractivity (Wildman–Crippen MR) is 176 cm³/mol. The molecule has 5 N–H and O–H groups in total. The molecule has 0 unspecified atom stereocenters. The number of rotatable bonds is 4. The highest BCUT2D eigenvalue weighted by Gasteiger charge is 2.15. The number of phenolic OH excluding ortho intramolecular Hbond substituents is 3. The van der Waals surface area contributed by atoms with Gasteiger partial charge in [-0.2, -0.15) is 0 Å². The smallest absolute Gasteiger partial charge is 0.181 e. The van der Waals surface area contributed by atoms with Crippen molar-refractivity contribution < 1.29 is 15.3 Å². The summed E-state index contributed by atoms with van der Waals surface area (Å²) in [5.41, 5.74) is 8.11. The minimum atomic E-state index is -0.0170. The Balaban J connectivity index is 0.000000145. The van der Waals surface area contributed by atoms with E-state index < -0.39 is 0 Å². The number of fused-ring (bicyclic) bond motifs is 6. The zero-order valence-electron chi connectivity index (χ0n) is 24.3. The van der Waals surface area contributed by atoms with Gasteiger partial charge in [0.05, 0.1) is 33.5 Å². The Kier molecular flexibility index (Phi) is 6.74. The maximum atomic E-state index is 10.1. The fourth-order valence-electron chi connectivity index (χ4n) is 5.30. The van der Waals surface area contributed by atoms with Crippen molar-refractivity contribution in [3.8, 4) is 39.8 Å². The Morgan fingerprint density at radius 1 is 0.556 bits per heavy atom. The fourth-order valence-corrected chi connectivity index (χ4v) is 5.30. The van der Waals surface area contributed by atoms with Crippen molar-refractivity contribution in [3.63, 3.8) is 0 Å². The molecule has 8 aromatic rings. The first kappa shape index (κ1) is 27.5. The molecule has 0 aliphatic rings. The normalized spacial score (nSPS) is 11.2. The third-order valence-electron chi connectivity index (χ3n) is 7.48. The number of para-hydroxylation sites is 4. The molecule has 0 radical (unpaired) electrons. The topological polar surface area (TPSA) is 145 Å². The van der Waals surface area contributed by atoms with Crippen LogP contribution in [0.5, 0.6) is 17.2 Å². The lowest BCUT2D eigenvalue weighted by molar-refractivity contribution is 0.452. The molecule has 0 bridgehead atoms. The Labute approximate surface area is 256 Å². The summed E-state index contributed by atoms with van der Waals surface area (Å²) in [6.07, 6.45) is 3.85. The first-order valence-corrected chi connectivity index (χ1v) is 14.2. The second-order valence-electron chi connectivity index (χ2n) is 10.3. The summed E-state index contributed by atoms with van der Waals surface area (Å²) in [5, 5.41) is 35.1. The molecule has 0 spiro atoms. The van der Waals surface area contributed by atoms with Crippen LogP contribution in [0.4, 0.5) is 11.6 Å². The van der Waals surface area contributed by atoms with Crippen molar-refractivity contribution in [3.05, 3.63) is 103 Å². The first-order chi connectivity index (χ1) is 21.9. The van der Waals surface area contributed by atoms with E-state index in [9.17, 15) is 15.3 Å². The molecule has 11 heteroatoms. The van der Waals surface area contributed by atoms with Crippen LogP contribution in [0.25, 0.3) is 55.9 Å². The van der Waals surface area contributed by atoms with Gasteiger partial charge in [0.25, 0.3) is 0 Å². The van der Waals surface area contributed by atoms with Gasteiger partial charge in [0.2, 0.25) is 0 Å². The number of nitrogens with one attached hydrogen (secondary N) is 2. The summed E-state index contributed by atoms with van der Waals surface area (Å²) in [4.78, 5) is 18.5. The molecule has 0 saturated carbocycles. The molecule has 0 aliphatic heterocycles. The van der Waals surface area contributed by atoms with Gasteiger partial charge >= 0.3 is 0 Å². The van der Waals surface area contributed by atoms with Gasteiger partial charge in [-0.15, -0.1) is 0 Å². The summed E-state index contributed by atoms with van der Waals surface area (Å²) < 4.78 is 3.98. The second kappa shape index (κ2) is 11.0.